The van der Waals surface area contributed by atoms with Gasteiger partial charge in [-0.2, -0.15) is 5.10 Å². The molecule has 0 spiro atoms. The van der Waals surface area contributed by atoms with Crippen LogP contribution in [0.15, 0.2) is 77.9 Å². The largest absolute Gasteiger partial charge is 0.484 e. The standard InChI is InChI=1S/C29H32N4O3/c1-21(2)31-28(34)20-36-27-13-9-22(10-14-27)17-30-32-29(35)25-11-7-23(8-12-25)18-33-16-15-24-5-3-4-6-26(24)19-33/h3-14,17,21H,15-16,18-20H2,1-2H3,(H,31,34)(H,32,35)/b30-17-. The lowest BCUT2D eigenvalue weighted by atomic mass is 9.99. The Kier molecular flexibility index (Phi) is 8.47. The molecule has 0 radical (unpaired) electrons. The highest BCUT2D eigenvalue weighted by atomic mass is 16.5. The molecule has 0 aromatic heterocycles. The maximum atomic E-state index is 12.5. The highest BCUT2D eigenvalue weighted by Gasteiger charge is 2.16. The monoisotopic (exact) mass is 484 g/mol. The normalized spacial score (nSPS) is 13.4. The minimum absolute atomic E-state index is 0.0353. The first-order valence-electron chi connectivity index (χ1n) is 12.2. The van der Waals surface area contributed by atoms with Crippen molar-refractivity contribution in [3.8, 4) is 5.75 Å². The van der Waals surface area contributed by atoms with Gasteiger partial charge in [0, 0.05) is 31.2 Å². The average molecular weight is 485 g/mol. The molecule has 36 heavy (non-hydrogen) atoms. The van der Waals surface area contributed by atoms with Gasteiger partial charge < -0.3 is 10.1 Å². The summed E-state index contributed by atoms with van der Waals surface area (Å²) in [5.74, 6) is 0.161. The molecule has 2 N–H and O–H groups in total. The molecule has 4 rings (SSSR count). The molecular formula is C29H32N4O3. The van der Waals surface area contributed by atoms with E-state index in [1.807, 2.05) is 38.1 Å². The van der Waals surface area contributed by atoms with Gasteiger partial charge >= 0.3 is 0 Å². The van der Waals surface area contributed by atoms with Crippen molar-refractivity contribution in [3.63, 3.8) is 0 Å². The molecule has 3 aromatic carbocycles. The zero-order valence-electron chi connectivity index (χ0n) is 20.7. The first-order chi connectivity index (χ1) is 17.5. The van der Waals surface area contributed by atoms with Crippen LogP contribution in [0.2, 0.25) is 0 Å². The Balaban J connectivity index is 1.23. The van der Waals surface area contributed by atoms with Crippen molar-refractivity contribution < 1.29 is 14.3 Å². The van der Waals surface area contributed by atoms with E-state index in [4.69, 9.17) is 4.74 Å². The Labute approximate surface area is 212 Å². The van der Waals surface area contributed by atoms with Crippen LogP contribution in [0.25, 0.3) is 0 Å². The smallest absolute Gasteiger partial charge is 0.271 e. The number of carbonyl (C=O) groups excluding carboxylic acids is 2. The van der Waals surface area contributed by atoms with Gasteiger partial charge in [-0.3, -0.25) is 14.5 Å². The fourth-order valence-corrected chi connectivity index (χ4v) is 4.10. The Morgan fingerprint density at radius 1 is 1.00 bits per heavy atom. The van der Waals surface area contributed by atoms with Gasteiger partial charge in [0.2, 0.25) is 0 Å². The second kappa shape index (κ2) is 12.1. The molecule has 0 saturated heterocycles. The van der Waals surface area contributed by atoms with Crippen molar-refractivity contribution in [2.24, 2.45) is 5.10 Å². The molecule has 7 heteroatoms. The summed E-state index contributed by atoms with van der Waals surface area (Å²) < 4.78 is 5.47. The van der Waals surface area contributed by atoms with Crippen molar-refractivity contribution in [2.75, 3.05) is 13.2 Å². The molecule has 0 atom stereocenters. The van der Waals surface area contributed by atoms with E-state index >= 15 is 0 Å². The van der Waals surface area contributed by atoms with Crippen LogP contribution in [0, 0.1) is 0 Å². The van der Waals surface area contributed by atoms with Crippen molar-refractivity contribution >= 4 is 18.0 Å². The third-order valence-electron chi connectivity index (χ3n) is 5.91. The predicted octanol–water partition coefficient (Wildman–Crippen LogP) is 3.91. The molecule has 0 bridgehead atoms. The van der Waals surface area contributed by atoms with E-state index in [9.17, 15) is 9.59 Å². The van der Waals surface area contributed by atoms with E-state index in [1.165, 1.54) is 16.7 Å². The van der Waals surface area contributed by atoms with Gasteiger partial charge in [0.15, 0.2) is 6.61 Å². The van der Waals surface area contributed by atoms with Gasteiger partial charge in [-0.05, 0) is 78.9 Å². The van der Waals surface area contributed by atoms with E-state index in [-0.39, 0.29) is 24.5 Å². The lowest BCUT2D eigenvalue weighted by Gasteiger charge is -2.28. The van der Waals surface area contributed by atoms with Crippen molar-refractivity contribution in [3.05, 3.63) is 101 Å². The van der Waals surface area contributed by atoms with Crippen molar-refractivity contribution in [1.29, 1.82) is 0 Å². The highest BCUT2D eigenvalue weighted by Crippen LogP contribution is 2.20. The molecule has 1 aliphatic heterocycles. The number of nitrogens with one attached hydrogen (secondary N) is 2. The van der Waals surface area contributed by atoms with Gasteiger partial charge in [0.25, 0.3) is 11.8 Å². The fraction of sp³-hybridized carbons (Fsp3) is 0.276. The number of benzene rings is 3. The number of fused-ring (bicyclic) bond motifs is 1. The molecule has 3 aromatic rings. The Morgan fingerprint density at radius 3 is 2.44 bits per heavy atom. The van der Waals surface area contributed by atoms with Crippen LogP contribution in [0.4, 0.5) is 0 Å². The van der Waals surface area contributed by atoms with Crippen LogP contribution in [0.1, 0.15) is 46.5 Å². The lowest BCUT2D eigenvalue weighted by molar-refractivity contribution is -0.123. The molecule has 1 aliphatic rings. The summed E-state index contributed by atoms with van der Waals surface area (Å²) in [6.07, 6.45) is 2.63. The van der Waals surface area contributed by atoms with E-state index in [0.717, 1.165) is 31.6 Å². The SMILES string of the molecule is CC(C)NC(=O)COc1ccc(/C=N\NC(=O)c2ccc(CN3CCc4ccccc4C3)cc2)cc1. The molecule has 7 nitrogen and oxygen atoms in total. The number of rotatable bonds is 9. The summed E-state index contributed by atoms with van der Waals surface area (Å²) in [6, 6.07) is 23.5. The third-order valence-corrected chi connectivity index (χ3v) is 5.91. The lowest BCUT2D eigenvalue weighted by Crippen LogP contribution is -2.34. The molecule has 0 saturated carbocycles. The van der Waals surface area contributed by atoms with Crippen LogP contribution in [0.3, 0.4) is 0 Å². The van der Waals surface area contributed by atoms with Crippen LogP contribution in [0.5, 0.6) is 5.75 Å². The minimum Gasteiger partial charge on any atom is -0.484 e. The molecular weight excluding hydrogens is 452 g/mol. The molecule has 0 unspecified atom stereocenters. The summed E-state index contributed by atoms with van der Waals surface area (Å²) in [7, 11) is 0. The van der Waals surface area contributed by atoms with Crippen molar-refractivity contribution in [1.82, 2.24) is 15.6 Å². The van der Waals surface area contributed by atoms with E-state index < -0.39 is 0 Å². The number of nitrogens with zero attached hydrogens (tertiary/aromatic N) is 2. The van der Waals surface area contributed by atoms with E-state index in [1.54, 1.807) is 30.5 Å². The van der Waals surface area contributed by atoms with E-state index in [0.29, 0.717) is 11.3 Å². The van der Waals surface area contributed by atoms with Gasteiger partial charge in [-0.15, -0.1) is 0 Å². The zero-order valence-corrected chi connectivity index (χ0v) is 20.7. The molecule has 1 heterocycles. The number of amides is 2. The number of hydrogen-bond donors (Lipinski definition) is 2. The summed E-state index contributed by atoms with van der Waals surface area (Å²) in [5, 5.41) is 6.83. The van der Waals surface area contributed by atoms with Crippen LogP contribution < -0.4 is 15.5 Å². The second-order valence-electron chi connectivity index (χ2n) is 9.21. The summed E-state index contributed by atoms with van der Waals surface area (Å²) in [5.41, 5.74) is 7.94. The van der Waals surface area contributed by atoms with Crippen LogP contribution in [-0.4, -0.2) is 42.1 Å². The molecule has 0 aliphatic carbocycles. The quantitative estimate of drug-likeness (QED) is 0.356. The Hall–Kier alpha value is -3.97. The van der Waals surface area contributed by atoms with Gasteiger partial charge in [-0.25, -0.2) is 5.43 Å². The van der Waals surface area contributed by atoms with Crippen molar-refractivity contribution in [2.45, 2.75) is 39.4 Å². The maximum Gasteiger partial charge on any atom is 0.271 e. The average Bonchev–Trinajstić information content (AvgIpc) is 2.88. The first-order valence-corrected chi connectivity index (χ1v) is 12.2. The summed E-state index contributed by atoms with van der Waals surface area (Å²) in [6.45, 7) is 6.61. The van der Waals surface area contributed by atoms with Gasteiger partial charge in [0.05, 0.1) is 6.21 Å². The number of ether oxygens (including phenoxy) is 1. The topological polar surface area (TPSA) is 83.0 Å². The number of hydrazone groups is 1. The second-order valence-corrected chi connectivity index (χ2v) is 9.21. The molecule has 0 fully saturated rings. The van der Waals surface area contributed by atoms with E-state index in [2.05, 4.69) is 45.0 Å². The first kappa shape index (κ1) is 25.1. The predicted molar refractivity (Wildman–Crippen MR) is 141 cm³/mol. The van der Waals surface area contributed by atoms with Gasteiger partial charge in [0.1, 0.15) is 5.75 Å². The zero-order chi connectivity index (χ0) is 25.3. The molecule has 186 valence electrons. The Bertz CT molecular complexity index is 1200. The van der Waals surface area contributed by atoms with Crippen LogP contribution in [-0.2, 0) is 24.3 Å². The summed E-state index contributed by atoms with van der Waals surface area (Å²) in [4.78, 5) is 26.6. The third kappa shape index (κ3) is 7.26. The number of carbonyl (C=O) groups is 2. The highest BCUT2D eigenvalue weighted by molar-refractivity contribution is 5.94. The maximum absolute atomic E-state index is 12.5. The van der Waals surface area contributed by atoms with Crippen LogP contribution >= 0.6 is 0 Å². The Morgan fingerprint density at radius 2 is 1.72 bits per heavy atom. The summed E-state index contributed by atoms with van der Waals surface area (Å²) >= 11 is 0. The number of hydrogen-bond acceptors (Lipinski definition) is 5. The fourth-order valence-electron chi connectivity index (χ4n) is 4.10. The minimum atomic E-state index is -0.263. The van der Waals surface area contributed by atoms with Gasteiger partial charge in [-0.1, -0.05) is 36.4 Å². The molecule has 2 amide bonds.